The van der Waals surface area contributed by atoms with Crippen molar-refractivity contribution >= 4 is 83.6 Å². The Hall–Kier alpha value is -7.90. The summed E-state index contributed by atoms with van der Waals surface area (Å²) < 4.78 is 6.26. The molecule has 1 aliphatic heterocycles. The van der Waals surface area contributed by atoms with E-state index in [-0.39, 0.29) is 164 Å². The minimum Gasteiger partial charge on any atom is -0.481 e. The standard InChI is InChI=1S/C67H107N9O27/c1-40(10-15-52(78)79)46-13-14-47-43-12-11-41-28-42(16-17-66(41,2)48(43)29-51(77)67(46,47)3)103-65(102)76-30-44(61(96)68-18-6-4-8-49(63(98)99)74(24-20-70(32-53(80)81)33-54(82)83)25-21-71(34-55(84)85)35-56(86)87)45(31-76)62(97)69-19-7-5-9-50(64(100)101)75(26-22-72(36-57(88)89)37-58(90)91)27-23-73(38-59(92)93)39-60(94)95/h40-51,77H,4-39H2,1-3H3,(H,68,96)(H,69,97)(H,78,79)(H,80,81)(H,82,83)(H,84,85)(H,86,87)(H,88,89)(H,90,91)(H,92,93)(H,94,95)(H,98,99)(H,100,101)/t40-,41+,42+,43+,44-,45+,46-,47+,48+,49?,50?,51-,66+,67-/m1/s1. The van der Waals surface area contributed by atoms with Gasteiger partial charge in [-0.15, -0.1) is 0 Å². The minimum atomic E-state index is -1.37. The number of nitrogens with zero attached hydrogens (tertiary/aromatic N) is 7. The van der Waals surface area contributed by atoms with Gasteiger partial charge in [0, 0.05) is 85.0 Å². The van der Waals surface area contributed by atoms with Gasteiger partial charge >= 0.3 is 71.8 Å². The molecule has 0 bridgehead atoms. The highest BCUT2D eigenvalue weighted by Gasteiger charge is 2.64. The maximum atomic E-state index is 14.4. The maximum absolute atomic E-state index is 14.4. The van der Waals surface area contributed by atoms with Crippen LogP contribution in [-0.4, -0.2) is 334 Å². The maximum Gasteiger partial charge on any atom is 0.410 e. The highest BCUT2D eigenvalue weighted by molar-refractivity contribution is 5.90. The lowest BCUT2D eigenvalue weighted by atomic mass is 9.43. The molecule has 0 aromatic carbocycles. The van der Waals surface area contributed by atoms with Gasteiger partial charge in [-0.2, -0.15) is 0 Å². The van der Waals surface area contributed by atoms with Gasteiger partial charge in [-0.05, 0) is 143 Å². The van der Waals surface area contributed by atoms with E-state index in [1.54, 1.807) is 0 Å². The van der Waals surface area contributed by atoms with Crippen LogP contribution in [0.25, 0.3) is 0 Å². The number of aliphatic hydroxyl groups excluding tert-OH is 1. The summed E-state index contributed by atoms with van der Waals surface area (Å²) >= 11 is 0. The van der Waals surface area contributed by atoms with Gasteiger partial charge in [-0.1, -0.05) is 20.8 Å². The van der Waals surface area contributed by atoms with Crippen LogP contribution < -0.4 is 10.6 Å². The topological polar surface area (TPSA) is 538 Å². The monoisotopic (exact) mass is 1470 g/mol. The number of carbonyl (C=O) groups is 14. The zero-order valence-electron chi connectivity index (χ0n) is 59.0. The molecular formula is C67H107N9O27. The molecule has 0 aromatic heterocycles. The molecule has 36 nitrogen and oxygen atoms in total. The summed E-state index contributed by atoms with van der Waals surface area (Å²) in [6.45, 7) is -2.01. The molecule has 0 radical (unpaired) electrons. The Morgan fingerprint density at radius 2 is 0.854 bits per heavy atom. The first-order valence-corrected chi connectivity index (χ1v) is 35.4. The number of hydrogen-bond donors (Lipinski definition) is 14. The zero-order chi connectivity index (χ0) is 76.6. The molecule has 1 heterocycles. The minimum absolute atomic E-state index is 0.0717. The van der Waals surface area contributed by atoms with Crippen LogP contribution in [0.2, 0.25) is 0 Å². The highest BCUT2D eigenvalue weighted by atomic mass is 16.6. The number of rotatable bonds is 49. The van der Waals surface area contributed by atoms with Crippen molar-refractivity contribution in [2.75, 3.05) is 131 Å². The second kappa shape index (κ2) is 40.4. The van der Waals surface area contributed by atoms with Crippen LogP contribution in [0.15, 0.2) is 0 Å². The smallest absolute Gasteiger partial charge is 0.410 e. The number of amides is 3. The molecule has 0 spiro atoms. The van der Waals surface area contributed by atoms with Crippen LogP contribution in [0, 0.1) is 58.2 Å². The van der Waals surface area contributed by atoms with Crippen molar-refractivity contribution in [3.63, 3.8) is 0 Å². The van der Waals surface area contributed by atoms with Gasteiger partial charge < -0.3 is 81.5 Å². The van der Waals surface area contributed by atoms with Gasteiger partial charge in [-0.25, -0.2) is 4.79 Å². The lowest BCUT2D eigenvalue weighted by molar-refractivity contribution is -0.175. The SMILES string of the molecule is C[C@H](CCC(=O)O)[C@H]1CC[C@H]2[C@@H]3CC[C@H]4C[C@@H](OC(=O)N5C[C@H](C(=O)NCCCCC(C(=O)O)N(CCN(CC(=O)O)CC(=O)O)CCN(CC(=O)O)CC(=O)O)[C@H](C(=O)NCCCCC(C(=O)O)N(CCN(CC(=O)O)CC(=O)O)CCN(CC(=O)O)CC(=O)O)C5)CC[C@]4(C)[C@H]3C[C@@H](O)[C@]12C. The van der Waals surface area contributed by atoms with E-state index in [0.717, 1.165) is 45.3 Å². The van der Waals surface area contributed by atoms with E-state index in [2.05, 4.69) is 31.4 Å². The Bertz CT molecular complexity index is 2710. The molecule has 14 atom stereocenters. The molecule has 1 saturated heterocycles. The molecule has 582 valence electrons. The molecule has 0 aromatic rings. The van der Waals surface area contributed by atoms with E-state index >= 15 is 0 Å². The Balaban J connectivity index is 1.31. The Labute approximate surface area is 596 Å². The molecule has 3 amide bonds. The van der Waals surface area contributed by atoms with Crippen molar-refractivity contribution < 1.29 is 133 Å². The van der Waals surface area contributed by atoms with Crippen molar-refractivity contribution in [1.29, 1.82) is 0 Å². The van der Waals surface area contributed by atoms with Crippen molar-refractivity contribution in [3.8, 4) is 0 Å². The number of aliphatic hydroxyl groups is 1. The first kappa shape index (κ1) is 85.7. The number of ether oxygens (including phenoxy) is 1. The number of fused-ring (bicyclic) bond motifs is 5. The normalized spacial score (nSPS) is 25.3. The molecule has 2 unspecified atom stereocenters. The number of carboxylic acid groups (broad SMARTS) is 11. The average Bonchev–Trinajstić information content (AvgIpc) is 1.68. The van der Waals surface area contributed by atoms with Crippen LogP contribution in [0.3, 0.4) is 0 Å². The third-order valence-electron chi connectivity index (χ3n) is 22.4. The second-order valence-corrected chi connectivity index (χ2v) is 29.1. The molecule has 36 heteroatoms. The van der Waals surface area contributed by atoms with Gasteiger partial charge in [0.1, 0.15) is 18.2 Å². The van der Waals surface area contributed by atoms with E-state index in [1.807, 2.05) is 0 Å². The van der Waals surface area contributed by atoms with Gasteiger partial charge in [-0.3, -0.25) is 91.7 Å². The van der Waals surface area contributed by atoms with Crippen molar-refractivity contribution in [2.24, 2.45) is 58.2 Å². The molecule has 4 saturated carbocycles. The average molecular weight is 1470 g/mol. The molecule has 5 rings (SSSR count). The number of carbonyl (C=O) groups excluding carboxylic acids is 3. The third-order valence-corrected chi connectivity index (χ3v) is 22.4. The second-order valence-electron chi connectivity index (χ2n) is 29.1. The fraction of sp³-hybridized carbons (Fsp3) is 0.791. The Morgan fingerprint density at radius 1 is 0.466 bits per heavy atom. The third kappa shape index (κ3) is 26.0. The van der Waals surface area contributed by atoms with E-state index in [9.17, 15) is 128 Å². The van der Waals surface area contributed by atoms with Crippen molar-refractivity contribution in [2.45, 2.75) is 148 Å². The number of likely N-dealkylation sites (tertiary alicyclic amines) is 1. The zero-order valence-corrected chi connectivity index (χ0v) is 59.0. The molecule has 5 fully saturated rings. The van der Waals surface area contributed by atoms with Gasteiger partial charge in [0.2, 0.25) is 11.8 Å². The molecule has 103 heavy (non-hydrogen) atoms. The summed E-state index contributed by atoms with van der Waals surface area (Å²) in [5.74, 6) is -16.9. The summed E-state index contributed by atoms with van der Waals surface area (Å²) in [7, 11) is 0. The highest BCUT2D eigenvalue weighted by Crippen LogP contribution is 2.68. The first-order chi connectivity index (χ1) is 48.4. The van der Waals surface area contributed by atoms with Gasteiger partial charge in [0.25, 0.3) is 0 Å². The summed E-state index contributed by atoms with van der Waals surface area (Å²) in [5, 5.41) is 124. The Morgan fingerprint density at radius 3 is 1.21 bits per heavy atom. The lowest BCUT2D eigenvalue weighted by Crippen LogP contribution is -2.59. The number of carboxylic acids is 11. The van der Waals surface area contributed by atoms with E-state index in [4.69, 9.17) is 4.74 Å². The summed E-state index contributed by atoms with van der Waals surface area (Å²) in [5.41, 5.74) is -0.516. The van der Waals surface area contributed by atoms with Gasteiger partial charge in [0.05, 0.1) is 70.3 Å². The van der Waals surface area contributed by atoms with Gasteiger partial charge in [0.15, 0.2) is 0 Å². The number of aliphatic carboxylic acids is 11. The molecule has 5 aliphatic rings. The van der Waals surface area contributed by atoms with Crippen LogP contribution in [-0.2, 0) is 67.1 Å². The fourth-order valence-corrected chi connectivity index (χ4v) is 17.4. The quantitative estimate of drug-likeness (QED) is 0.0360. The fourth-order valence-electron chi connectivity index (χ4n) is 17.4. The van der Waals surface area contributed by atoms with Crippen molar-refractivity contribution in [3.05, 3.63) is 0 Å². The molecule has 14 N–H and O–H groups in total. The summed E-state index contributed by atoms with van der Waals surface area (Å²) in [6, 6.07) is -2.73. The number of hydrogen-bond acceptors (Lipinski definition) is 22. The number of unbranched alkanes of at least 4 members (excludes halogenated alkanes) is 2. The van der Waals surface area contributed by atoms with Crippen LogP contribution in [0.5, 0.6) is 0 Å². The van der Waals surface area contributed by atoms with E-state index in [0.29, 0.717) is 38.0 Å². The predicted molar refractivity (Wildman–Crippen MR) is 358 cm³/mol. The molecular weight excluding hydrogens is 1360 g/mol. The first-order valence-electron chi connectivity index (χ1n) is 35.4. The van der Waals surface area contributed by atoms with E-state index in [1.165, 1.54) is 14.7 Å². The van der Waals surface area contributed by atoms with E-state index < -0.39 is 172 Å². The van der Waals surface area contributed by atoms with Crippen LogP contribution in [0.4, 0.5) is 4.79 Å². The van der Waals surface area contributed by atoms with Crippen LogP contribution >= 0.6 is 0 Å². The van der Waals surface area contributed by atoms with Crippen LogP contribution in [0.1, 0.15) is 124 Å². The number of nitrogens with one attached hydrogen (secondary N) is 2. The summed E-state index contributed by atoms with van der Waals surface area (Å²) in [4.78, 5) is 181. The Kier molecular flexibility index (Phi) is 33.6. The lowest BCUT2D eigenvalue weighted by Gasteiger charge is -2.62. The van der Waals surface area contributed by atoms with Crippen molar-refractivity contribution in [1.82, 2.24) is 44.9 Å². The summed E-state index contributed by atoms with van der Waals surface area (Å²) in [6.07, 6.45) is 5.05. The largest absolute Gasteiger partial charge is 0.481 e. The molecule has 4 aliphatic carbocycles. The predicted octanol–water partition coefficient (Wildman–Crippen LogP) is 0.138.